The average molecular weight is 666 g/mol. The topological polar surface area (TPSA) is 44.4 Å². The van der Waals surface area contributed by atoms with Crippen molar-refractivity contribution >= 4 is 87.6 Å². The van der Waals surface area contributed by atoms with Gasteiger partial charge >= 0.3 is 0 Å². The molecule has 0 unspecified atom stereocenters. The van der Waals surface area contributed by atoms with Gasteiger partial charge in [-0.25, -0.2) is 0 Å². The summed E-state index contributed by atoms with van der Waals surface area (Å²) in [7, 11) is 0. The van der Waals surface area contributed by atoms with Crippen LogP contribution in [0, 0.1) is 0 Å². The standard InChI is InChI=1S/C48H27NO3/c1-2-8-32(9-3-1)49-41-12-6-4-10-33(41)35-22-28(14-18-42(35)49)30-16-20-45-37(24-30)39-26-40-38-25-31(17-21-46(38)52-48(40)27-47(39)51-45)29-15-19-44-36(23-29)34-11-5-7-13-43(34)50-44/h1-27H. The molecule has 0 saturated carbocycles. The summed E-state index contributed by atoms with van der Waals surface area (Å²) >= 11 is 0. The van der Waals surface area contributed by atoms with E-state index in [1.165, 1.54) is 27.4 Å². The Labute approximate surface area is 296 Å². The van der Waals surface area contributed by atoms with E-state index in [-0.39, 0.29) is 0 Å². The summed E-state index contributed by atoms with van der Waals surface area (Å²) in [5.74, 6) is 0. The molecule has 0 aliphatic heterocycles. The van der Waals surface area contributed by atoms with E-state index in [0.29, 0.717) is 0 Å². The Morgan fingerprint density at radius 3 is 1.37 bits per heavy atom. The van der Waals surface area contributed by atoms with Crippen molar-refractivity contribution in [3.63, 3.8) is 0 Å². The van der Waals surface area contributed by atoms with Gasteiger partial charge in [-0.05, 0) is 101 Å². The minimum absolute atomic E-state index is 0.815. The molecule has 0 saturated heterocycles. The van der Waals surface area contributed by atoms with Crippen LogP contribution in [-0.4, -0.2) is 4.57 Å². The molecule has 52 heavy (non-hydrogen) atoms. The quantitative estimate of drug-likeness (QED) is 0.189. The van der Waals surface area contributed by atoms with Crippen molar-refractivity contribution in [1.82, 2.24) is 4.57 Å². The van der Waals surface area contributed by atoms with Crippen LogP contribution < -0.4 is 0 Å². The van der Waals surface area contributed by atoms with E-state index >= 15 is 0 Å². The predicted octanol–water partition coefficient (Wildman–Crippen LogP) is 13.8. The molecule has 12 rings (SSSR count). The molecule has 0 radical (unpaired) electrons. The Morgan fingerprint density at radius 2 is 0.712 bits per heavy atom. The first-order valence-electron chi connectivity index (χ1n) is 17.6. The van der Waals surface area contributed by atoms with Crippen molar-refractivity contribution < 1.29 is 13.3 Å². The fraction of sp³-hybridized carbons (Fsp3) is 0. The van der Waals surface area contributed by atoms with E-state index in [9.17, 15) is 0 Å². The van der Waals surface area contributed by atoms with E-state index in [2.05, 4.69) is 150 Å². The molecule has 0 aliphatic rings. The van der Waals surface area contributed by atoms with Gasteiger partial charge in [0.25, 0.3) is 0 Å². The number of benzene rings is 8. The Balaban J connectivity index is 1.00. The Kier molecular flexibility index (Phi) is 5.47. The van der Waals surface area contributed by atoms with Crippen LogP contribution in [-0.2, 0) is 0 Å². The Hall–Kier alpha value is -7.04. The maximum Gasteiger partial charge on any atom is 0.139 e. The number of rotatable bonds is 3. The smallest absolute Gasteiger partial charge is 0.139 e. The maximum absolute atomic E-state index is 6.42. The summed E-state index contributed by atoms with van der Waals surface area (Å²) in [5, 5.41) is 9.03. The summed E-state index contributed by atoms with van der Waals surface area (Å²) < 4.78 is 21.3. The van der Waals surface area contributed by atoms with Crippen molar-refractivity contribution in [2.24, 2.45) is 0 Å². The number of hydrogen-bond donors (Lipinski definition) is 0. The van der Waals surface area contributed by atoms with Gasteiger partial charge in [0.15, 0.2) is 0 Å². The van der Waals surface area contributed by atoms with E-state index < -0.39 is 0 Å². The van der Waals surface area contributed by atoms with Crippen LogP contribution in [0.25, 0.3) is 116 Å². The zero-order chi connectivity index (χ0) is 33.9. The molecular weight excluding hydrogens is 639 g/mol. The van der Waals surface area contributed by atoms with E-state index in [0.717, 1.165) is 88.2 Å². The molecule has 12 aromatic rings. The van der Waals surface area contributed by atoms with Crippen molar-refractivity contribution in [2.45, 2.75) is 0 Å². The lowest BCUT2D eigenvalue weighted by atomic mass is 9.99. The molecule has 0 fully saturated rings. The largest absolute Gasteiger partial charge is 0.456 e. The van der Waals surface area contributed by atoms with E-state index in [1.807, 2.05) is 18.2 Å². The molecule has 4 heteroatoms. The molecule has 0 spiro atoms. The SMILES string of the molecule is c1ccc(-n2c3ccccc3c3cc(-c4ccc5oc6cc7oc8ccc(-c9ccc%10oc%11ccccc%11c%10c9)cc8c7cc6c5c4)ccc32)cc1. The molecule has 0 N–H and O–H groups in total. The average Bonchev–Trinajstić information content (AvgIpc) is 3.95. The van der Waals surface area contributed by atoms with E-state index in [4.69, 9.17) is 13.3 Å². The number of nitrogens with zero attached hydrogens (tertiary/aromatic N) is 1. The summed E-state index contributed by atoms with van der Waals surface area (Å²) in [6, 6.07) is 57.9. The summed E-state index contributed by atoms with van der Waals surface area (Å²) in [4.78, 5) is 0. The molecule has 4 heterocycles. The maximum atomic E-state index is 6.42. The number of hydrogen-bond acceptors (Lipinski definition) is 3. The van der Waals surface area contributed by atoms with Crippen LogP contribution in [0.15, 0.2) is 177 Å². The van der Waals surface area contributed by atoms with Gasteiger partial charge in [0.05, 0.1) is 11.0 Å². The second kappa shape index (κ2) is 10.3. The predicted molar refractivity (Wildman–Crippen MR) is 213 cm³/mol. The van der Waals surface area contributed by atoms with E-state index in [1.54, 1.807) is 0 Å². The Morgan fingerprint density at radius 1 is 0.269 bits per heavy atom. The lowest BCUT2D eigenvalue weighted by Crippen LogP contribution is -1.92. The monoisotopic (exact) mass is 665 g/mol. The van der Waals surface area contributed by atoms with Gasteiger partial charge < -0.3 is 17.8 Å². The molecule has 4 nitrogen and oxygen atoms in total. The van der Waals surface area contributed by atoms with Gasteiger partial charge in [-0.2, -0.15) is 0 Å². The van der Waals surface area contributed by atoms with Gasteiger partial charge in [-0.1, -0.05) is 78.9 Å². The second-order valence-corrected chi connectivity index (χ2v) is 13.7. The van der Waals surface area contributed by atoms with Crippen molar-refractivity contribution in [3.8, 4) is 27.9 Å². The molecule has 0 bridgehead atoms. The van der Waals surface area contributed by atoms with Crippen LogP contribution in [0.2, 0.25) is 0 Å². The van der Waals surface area contributed by atoms with Crippen LogP contribution in [0.4, 0.5) is 0 Å². The van der Waals surface area contributed by atoms with Crippen LogP contribution in [0.3, 0.4) is 0 Å². The van der Waals surface area contributed by atoms with Gasteiger partial charge in [-0.3, -0.25) is 0 Å². The number of furan rings is 3. The van der Waals surface area contributed by atoms with Crippen molar-refractivity contribution in [1.29, 1.82) is 0 Å². The van der Waals surface area contributed by atoms with Gasteiger partial charge in [0.2, 0.25) is 0 Å². The van der Waals surface area contributed by atoms with Crippen LogP contribution >= 0.6 is 0 Å². The van der Waals surface area contributed by atoms with Crippen molar-refractivity contribution in [2.75, 3.05) is 0 Å². The highest BCUT2D eigenvalue weighted by Crippen LogP contribution is 2.41. The summed E-state index contributed by atoms with van der Waals surface area (Å²) in [6.07, 6.45) is 0. The lowest BCUT2D eigenvalue weighted by molar-refractivity contribution is 0.656. The molecule has 0 aliphatic carbocycles. The molecule has 8 aromatic carbocycles. The fourth-order valence-corrected chi connectivity index (χ4v) is 8.32. The fourth-order valence-electron chi connectivity index (χ4n) is 8.32. The first kappa shape index (κ1) is 27.7. The first-order valence-corrected chi connectivity index (χ1v) is 17.6. The third-order valence-corrected chi connectivity index (χ3v) is 10.8. The van der Waals surface area contributed by atoms with Gasteiger partial charge in [0.1, 0.15) is 33.5 Å². The highest BCUT2D eigenvalue weighted by atomic mass is 16.3. The highest BCUT2D eigenvalue weighted by molar-refractivity contribution is 6.17. The normalized spacial score (nSPS) is 12.2. The molecule has 4 aromatic heterocycles. The summed E-state index contributed by atoms with van der Waals surface area (Å²) in [6.45, 7) is 0. The Bertz CT molecular complexity index is 3410. The van der Waals surface area contributed by atoms with Crippen LogP contribution in [0.1, 0.15) is 0 Å². The van der Waals surface area contributed by atoms with Crippen molar-refractivity contribution in [3.05, 3.63) is 164 Å². The first-order chi connectivity index (χ1) is 25.7. The third-order valence-electron chi connectivity index (χ3n) is 10.8. The zero-order valence-electron chi connectivity index (χ0n) is 27.8. The summed E-state index contributed by atoms with van der Waals surface area (Å²) in [5.41, 5.74) is 13.3. The third kappa shape index (κ3) is 3.92. The number of para-hydroxylation sites is 3. The second-order valence-electron chi connectivity index (χ2n) is 13.7. The van der Waals surface area contributed by atoms with Crippen LogP contribution in [0.5, 0.6) is 0 Å². The lowest BCUT2D eigenvalue weighted by Gasteiger charge is -2.08. The van der Waals surface area contributed by atoms with Gasteiger partial charge in [0, 0.05) is 54.8 Å². The number of fused-ring (bicyclic) bond motifs is 12. The molecule has 0 atom stereocenters. The molecule has 0 amide bonds. The number of aromatic nitrogens is 1. The zero-order valence-corrected chi connectivity index (χ0v) is 27.8. The highest BCUT2D eigenvalue weighted by Gasteiger charge is 2.17. The molecule has 242 valence electrons. The molecular formula is C48H27NO3. The van der Waals surface area contributed by atoms with Gasteiger partial charge in [-0.15, -0.1) is 0 Å². The minimum Gasteiger partial charge on any atom is -0.456 e. The minimum atomic E-state index is 0.815.